The number of ether oxygens (including phenoxy) is 1. The fourth-order valence-electron chi connectivity index (χ4n) is 4.49. The molecule has 0 saturated carbocycles. The maximum absolute atomic E-state index is 14.0. The second-order valence-electron chi connectivity index (χ2n) is 9.57. The molecule has 0 spiro atoms. The number of benzene rings is 4. The number of rotatable bonds is 12. The van der Waals surface area contributed by atoms with E-state index in [1.165, 1.54) is 24.3 Å². The molecule has 0 aliphatic heterocycles. The van der Waals surface area contributed by atoms with Crippen molar-refractivity contribution >= 4 is 67.5 Å². The molecule has 4 aromatic carbocycles. The van der Waals surface area contributed by atoms with Crippen LogP contribution in [0, 0.1) is 0 Å². The SMILES string of the molecule is CCCCOC(=O)CN(c1cccc2c(C(=O)NCc3ccccc3C(N)=O)cccc12)S(=O)(=O)c1cc(Cl)cc(Cl)c1. The van der Waals surface area contributed by atoms with E-state index in [2.05, 4.69) is 5.32 Å². The van der Waals surface area contributed by atoms with Gasteiger partial charge in [-0.25, -0.2) is 8.42 Å². The summed E-state index contributed by atoms with van der Waals surface area (Å²) in [6.07, 6.45) is 1.41. The zero-order valence-corrected chi connectivity index (χ0v) is 25.5. The molecule has 224 valence electrons. The number of carbonyl (C=O) groups is 3. The number of nitrogens with one attached hydrogen (secondary N) is 1. The Hall–Kier alpha value is -4.12. The third kappa shape index (κ3) is 7.45. The highest BCUT2D eigenvalue weighted by molar-refractivity contribution is 7.93. The Balaban J connectivity index is 1.76. The third-order valence-electron chi connectivity index (χ3n) is 6.59. The highest BCUT2D eigenvalue weighted by Gasteiger charge is 2.30. The lowest BCUT2D eigenvalue weighted by molar-refractivity contribution is -0.141. The summed E-state index contributed by atoms with van der Waals surface area (Å²) in [5, 5.41) is 3.83. The monoisotopic (exact) mass is 641 g/mol. The predicted molar refractivity (Wildman–Crippen MR) is 167 cm³/mol. The zero-order chi connectivity index (χ0) is 31.1. The molecule has 3 N–H and O–H groups in total. The van der Waals surface area contributed by atoms with Gasteiger partial charge in [0.25, 0.3) is 15.9 Å². The number of sulfonamides is 1. The number of nitrogens with zero attached hydrogens (tertiary/aromatic N) is 1. The van der Waals surface area contributed by atoms with E-state index in [-0.39, 0.29) is 44.9 Å². The Morgan fingerprint density at radius 2 is 1.53 bits per heavy atom. The van der Waals surface area contributed by atoms with Gasteiger partial charge in [-0.3, -0.25) is 18.7 Å². The molecular weight excluding hydrogens is 613 g/mol. The average Bonchev–Trinajstić information content (AvgIpc) is 2.97. The quantitative estimate of drug-likeness (QED) is 0.150. The number of nitrogens with two attached hydrogens (primary N) is 1. The normalized spacial score (nSPS) is 11.2. The van der Waals surface area contributed by atoms with Crippen molar-refractivity contribution < 1.29 is 27.5 Å². The Kier molecular flexibility index (Phi) is 10.3. The highest BCUT2D eigenvalue weighted by Crippen LogP contribution is 2.34. The van der Waals surface area contributed by atoms with Crippen molar-refractivity contribution in [3.63, 3.8) is 0 Å². The van der Waals surface area contributed by atoms with Gasteiger partial charge in [0.1, 0.15) is 6.54 Å². The van der Waals surface area contributed by atoms with E-state index in [1.54, 1.807) is 54.6 Å². The summed E-state index contributed by atoms with van der Waals surface area (Å²) in [6, 6.07) is 20.2. The third-order valence-corrected chi connectivity index (χ3v) is 8.77. The first-order chi connectivity index (χ1) is 20.5. The molecule has 0 heterocycles. The van der Waals surface area contributed by atoms with Gasteiger partial charge >= 0.3 is 5.97 Å². The van der Waals surface area contributed by atoms with Crippen molar-refractivity contribution in [1.82, 2.24) is 5.32 Å². The molecule has 4 aromatic rings. The number of anilines is 1. The van der Waals surface area contributed by atoms with Crippen LogP contribution in [0.2, 0.25) is 10.0 Å². The molecule has 0 aliphatic rings. The Bertz CT molecular complexity index is 1780. The van der Waals surface area contributed by atoms with E-state index in [9.17, 15) is 22.8 Å². The Morgan fingerprint density at radius 1 is 0.884 bits per heavy atom. The van der Waals surface area contributed by atoms with Crippen LogP contribution in [0.1, 0.15) is 46.0 Å². The van der Waals surface area contributed by atoms with Crippen LogP contribution in [0.3, 0.4) is 0 Å². The maximum Gasteiger partial charge on any atom is 0.326 e. The van der Waals surface area contributed by atoms with Gasteiger partial charge in [0.05, 0.1) is 17.2 Å². The smallest absolute Gasteiger partial charge is 0.326 e. The van der Waals surface area contributed by atoms with Gasteiger partial charge in [0.15, 0.2) is 0 Å². The lowest BCUT2D eigenvalue weighted by Gasteiger charge is -2.25. The summed E-state index contributed by atoms with van der Waals surface area (Å²) in [7, 11) is -4.39. The van der Waals surface area contributed by atoms with Gasteiger partial charge in [0.2, 0.25) is 5.91 Å². The number of halogens is 2. The first kappa shape index (κ1) is 31.8. The van der Waals surface area contributed by atoms with Gasteiger partial charge < -0.3 is 15.8 Å². The van der Waals surface area contributed by atoms with Crippen LogP contribution in [0.5, 0.6) is 0 Å². The summed E-state index contributed by atoms with van der Waals surface area (Å²) in [5.41, 5.74) is 6.70. The Morgan fingerprint density at radius 3 is 2.23 bits per heavy atom. The van der Waals surface area contributed by atoms with Gasteiger partial charge in [-0.05, 0) is 53.8 Å². The van der Waals surface area contributed by atoms with Crippen LogP contribution in [-0.4, -0.2) is 39.4 Å². The number of hydrogen-bond acceptors (Lipinski definition) is 6. The lowest BCUT2D eigenvalue weighted by Crippen LogP contribution is -2.37. The van der Waals surface area contributed by atoms with Crippen molar-refractivity contribution in [3.05, 3.63) is 106 Å². The van der Waals surface area contributed by atoms with E-state index >= 15 is 0 Å². The molecule has 0 bridgehead atoms. The van der Waals surface area contributed by atoms with E-state index in [0.717, 1.165) is 10.7 Å². The molecule has 4 rings (SSSR count). The molecular formula is C31H29Cl2N3O6S. The van der Waals surface area contributed by atoms with Crippen LogP contribution in [0.15, 0.2) is 83.8 Å². The van der Waals surface area contributed by atoms with Crippen LogP contribution < -0.4 is 15.4 Å². The molecule has 0 unspecified atom stereocenters. The summed E-state index contributed by atoms with van der Waals surface area (Å²) in [5.74, 6) is -1.82. The fourth-order valence-corrected chi connectivity index (χ4v) is 6.65. The van der Waals surface area contributed by atoms with Gasteiger partial charge in [0, 0.05) is 33.1 Å². The summed E-state index contributed by atoms with van der Waals surface area (Å²) in [6.45, 7) is 1.49. The zero-order valence-electron chi connectivity index (χ0n) is 23.2. The number of carbonyl (C=O) groups excluding carboxylic acids is 3. The molecule has 0 saturated heterocycles. The number of hydrogen-bond donors (Lipinski definition) is 2. The number of esters is 1. The van der Waals surface area contributed by atoms with Gasteiger partial charge in [-0.1, -0.05) is 79.0 Å². The molecule has 0 aromatic heterocycles. The minimum Gasteiger partial charge on any atom is -0.464 e. The molecule has 2 amide bonds. The largest absolute Gasteiger partial charge is 0.464 e. The average molecular weight is 643 g/mol. The Labute approximate surface area is 259 Å². The van der Waals surface area contributed by atoms with Crippen LogP contribution in [-0.2, 0) is 26.1 Å². The molecule has 43 heavy (non-hydrogen) atoms. The molecule has 0 atom stereocenters. The molecule has 9 nitrogen and oxygen atoms in total. The van der Waals surface area contributed by atoms with E-state index < -0.39 is 34.4 Å². The number of amides is 2. The van der Waals surface area contributed by atoms with Crippen molar-refractivity contribution in [1.29, 1.82) is 0 Å². The van der Waals surface area contributed by atoms with Crippen LogP contribution >= 0.6 is 23.2 Å². The van der Waals surface area contributed by atoms with Gasteiger partial charge in [-0.15, -0.1) is 0 Å². The van der Waals surface area contributed by atoms with E-state index in [1.807, 2.05) is 6.92 Å². The van der Waals surface area contributed by atoms with E-state index in [0.29, 0.717) is 22.8 Å². The van der Waals surface area contributed by atoms with Crippen LogP contribution in [0.4, 0.5) is 5.69 Å². The van der Waals surface area contributed by atoms with E-state index in [4.69, 9.17) is 33.7 Å². The van der Waals surface area contributed by atoms with Crippen LogP contribution in [0.25, 0.3) is 10.8 Å². The van der Waals surface area contributed by atoms with Crippen molar-refractivity contribution in [3.8, 4) is 0 Å². The van der Waals surface area contributed by atoms with Crippen molar-refractivity contribution in [2.24, 2.45) is 5.73 Å². The standard InChI is InChI=1S/C31H29Cl2N3O6S/c1-2-3-14-42-29(37)19-36(43(40,41)23-16-21(32)15-22(33)17-23)28-13-7-10-25-26(28)11-6-12-27(25)31(39)35-18-20-8-4-5-9-24(20)30(34)38/h4-13,15-17H,2-3,14,18-19H2,1H3,(H2,34,38)(H,35,39). The fraction of sp³-hybridized carbons (Fsp3) is 0.194. The number of primary amides is 1. The first-order valence-electron chi connectivity index (χ1n) is 13.3. The molecule has 0 radical (unpaired) electrons. The maximum atomic E-state index is 14.0. The second kappa shape index (κ2) is 13.9. The van der Waals surface area contributed by atoms with Crippen molar-refractivity contribution in [2.45, 2.75) is 31.2 Å². The van der Waals surface area contributed by atoms with Gasteiger partial charge in [-0.2, -0.15) is 0 Å². The minimum absolute atomic E-state index is 0.0354. The summed E-state index contributed by atoms with van der Waals surface area (Å²) < 4.78 is 34.2. The first-order valence-corrected chi connectivity index (χ1v) is 15.5. The highest BCUT2D eigenvalue weighted by atomic mass is 35.5. The number of unbranched alkanes of at least 4 members (excludes halogenated alkanes) is 1. The minimum atomic E-state index is -4.39. The summed E-state index contributed by atoms with van der Waals surface area (Å²) in [4.78, 5) is 37.8. The second-order valence-corrected chi connectivity index (χ2v) is 12.3. The van der Waals surface area contributed by atoms with Crippen molar-refractivity contribution in [2.75, 3.05) is 17.5 Å². The summed E-state index contributed by atoms with van der Waals surface area (Å²) >= 11 is 12.2. The molecule has 0 aliphatic carbocycles. The topological polar surface area (TPSA) is 136 Å². The predicted octanol–water partition coefficient (Wildman–Crippen LogP) is 5.71. The lowest BCUT2D eigenvalue weighted by atomic mass is 10.0. The number of fused-ring (bicyclic) bond motifs is 1. The molecule has 0 fully saturated rings. The molecule has 12 heteroatoms.